The van der Waals surface area contributed by atoms with Crippen LogP contribution in [0.25, 0.3) is 0 Å². The number of hydrogen-bond acceptors (Lipinski definition) is 5. The van der Waals surface area contributed by atoms with E-state index in [9.17, 15) is 15.3 Å². The van der Waals surface area contributed by atoms with Gasteiger partial charge in [0, 0.05) is 11.8 Å². The van der Waals surface area contributed by atoms with Crippen LogP contribution >= 0.6 is 0 Å². The molecule has 0 bridgehead atoms. The predicted octanol–water partition coefficient (Wildman–Crippen LogP) is 7.61. The third kappa shape index (κ3) is 4.37. The first-order valence-corrected chi connectivity index (χ1v) is 11.1. The quantitative estimate of drug-likeness (QED) is 0.289. The summed E-state index contributed by atoms with van der Waals surface area (Å²) in [5.41, 5.74) is 6.12. The number of ether oxygens (including phenoxy) is 1. The Bertz CT molecular complexity index is 1280. The second-order valence-electron chi connectivity index (χ2n) is 8.73. The molecule has 4 rings (SSSR count). The average molecular weight is 456 g/mol. The van der Waals surface area contributed by atoms with E-state index in [1.54, 1.807) is 12.1 Å². The van der Waals surface area contributed by atoms with Crippen LogP contribution in [0.1, 0.15) is 27.8 Å². The van der Waals surface area contributed by atoms with E-state index < -0.39 is 0 Å². The zero-order valence-electron chi connectivity index (χ0n) is 20.0. The SMILES string of the molecule is Cc1cc(O)cc(Oc2ccc(N(c3c(C)ccc(C)c3O)c3c(C)ccc(C)c3O)cc2)c1. The molecular formula is C29H29NO4. The van der Waals surface area contributed by atoms with Crippen molar-refractivity contribution in [2.75, 3.05) is 4.90 Å². The lowest BCUT2D eigenvalue weighted by atomic mass is 10.0. The molecule has 0 radical (unpaired) electrons. The third-order valence-corrected chi connectivity index (χ3v) is 5.92. The third-order valence-electron chi connectivity index (χ3n) is 5.92. The standard InChI is InChI=1S/C29H29NO4/c1-17-14-23(31)16-25(15-17)34-24-12-10-22(11-13-24)30(26-18(2)6-8-20(4)28(26)32)27-19(3)7-9-21(5)29(27)33/h6-16,31-33H,1-5H3. The second kappa shape index (κ2) is 9.02. The van der Waals surface area contributed by atoms with E-state index in [1.165, 1.54) is 0 Å². The van der Waals surface area contributed by atoms with Crippen molar-refractivity contribution in [3.8, 4) is 28.7 Å². The maximum atomic E-state index is 11.1. The minimum absolute atomic E-state index is 0.147. The summed E-state index contributed by atoms with van der Waals surface area (Å²) in [6.45, 7) is 9.47. The molecule has 0 unspecified atom stereocenters. The van der Waals surface area contributed by atoms with Crippen molar-refractivity contribution >= 4 is 17.1 Å². The highest BCUT2D eigenvalue weighted by Crippen LogP contribution is 2.48. The predicted molar refractivity (Wildman–Crippen MR) is 136 cm³/mol. The lowest BCUT2D eigenvalue weighted by Crippen LogP contribution is -2.14. The number of aryl methyl sites for hydroxylation is 5. The van der Waals surface area contributed by atoms with Gasteiger partial charge in [0.15, 0.2) is 0 Å². The molecule has 4 aromatic rings. The zero-order chi connectivity index (χ0) is 24.6. The van der Waals surface area contributed by atoms with Crippen molar-refractivity contribution in [2.45, 2.75) is 34.6 Å². The molecule has 0 aliphatic carbocycles. The molecule has 0 saturated heterocycles. The Labute approximate surface area is 200 Å². The molecule has 0 amide bonds. The van der Waals surface area contributed by atoms with Crippen molar-refractivity contribution in [1.82, 2.24) is 0 Å². The van der Waals surface area contributed by atoms with Gasteiger partial charge in [0.05, 0.1) is 11.4 Å². The summed E-state index contributed by atoms with van der Waals surface area (Å²) in [5.74, 6) is 1.62. The van der Waals surface area contributed by atoms with Gasteiger partial charge in [-0.05, 0) is 98.8 Å². The Morgan fingerprint density at radius 2 is 1.06 bits per heavy atom. The number of phenolic OH excluding ortho intramolecular Hbond substituents is 3. The van der Waals surface area contributed by atoms with Gasteiger partial charge in [-0.15, -0.1) is 0 Å². The van der Waals surface area contributed by atoms with E-state index in [0.29, 0.717) is 22.9 Å². The van der Waals surface area contributed by atoms with Crippen LogP contribution < -0.4 is 9.64 Å². The molecule has 0 spiro atoms. The van der Waals surface area contributed by atoms with Crippen LogP contribution in [-0.4, -0.2) is 15.3 Å². The molecule has 0 aliphatic heterocycles. The number of anilines is 3. The fraction of sp³-hybridized carbons (Fsp3) is 0.172. The first-order valence-electron chi connectivity index (χ1n) is 11.1. The molecular weight excluding hydrogens is 426 g/mol. The van der Waals surface area contributed by atoms with E-state index >= 15 is 0 Å². The zero-order valence-corrected chi connectivity index (χ0v) is 20.0. The molecule has 0 aromatic heterocycles. The van der Waals surface area contributed by atoms with Crippen LogP contribution in [-0.2, 0) is 0 Å². The molecule has 3 N–H and O–H groups in total. The molecule has 34 heavy (non-hydrogen) atoms. The molecule has 5 nitrogen and oxygen atoms in total. The molecule has 0 aliphatic rings. The maximum Gasteiger partial charge on any atom is 0.142 e. The number of nitrogens with zero attached hydrogens (tertiary/aromatic N) is 1. The fourth-order valence-corrected chi connectivity index (χ4v) is 4.08. The molecule has 0 heterocycles. The Balaban J connectivity index is 1.84. The Hall–Kier alpha value is -4.12. The summed E-state index contributed by atoms with van der Waals surface area (Å²) in [7, 11) is 0. The van der Waals surface area contributed by atoms with Crippen molar-refractivity contribution in [1.29, 1.82) is 0 Å². The topological polar surface area (TPSA) is 73.2 Å². The van der Waals surface area contributed by atoms with Crippen molar-refractivity contribution in [3.05, 3.63) is 94.5 Å². The molecule has 0 saturated carbocycles. The van der Waals surface area contributed by atoms with E-state index in [4.69, 9.17) is 4.74 Å². The summed E-state index contributed by atoms with van der Waals surface area (Å²) >= 11 is 0. The second-order valence-corrected chi connectivity index (χ2v) is 8.73. The minimum Gasteiger partial charge on any atom is -0.508 e. The lowest BCUT2D eigenvalue weighted by molar-refractivity contribution is 0.454. The van der Waals surface area contributed by atoms with Crippen LogP contribution in [0.2, 0.25) is 0 Å². The van der Waals surface area contributed by atoms with E-state index in [0.717, 1.165) is 33.5 Å². The Morgan fingerprint density at radius 1 is 0.559 bits per heavy atom. The van der Waals surface area contributed by atoms with E-state index in [2.05, 4.69) is 0 Å². The summed E-state index contributed by atoms with van der Waals surface area (Å²) in [6.07, 6.45) is 0. The average Bonchev–Trinajstić information content (AvgIpc) is 2.78. The highest BCUT2D eigenvalue weighted by atomic mass is 16.5. The van der Waals surface area contributed by atoms with Crippen LogP contribution in [0.5, 0.6) is 28.7 Å². The van der Waals surface area contributed by atoms with Crippen LogP contribution in [0.15, 0.2) is 66.7 Å². The van der Waals surface area contributed by atoms with Crippen molar-refractivity contribution in [3.63, 3.8) is 0 Å². The number of hydrogen-bond donors (Lipinski definition) is 3. The smallest absolute Gasteiger partial charge is 0.142 e. The highest BCUT2D eigenvalue weighted by Gasteiger charge is 2.24. The monoisotopic (exact) mass is 455 g/mol. The molecule has 0 atom stereocenters. The summed E-state index contributed by atoms with van der Waals surface area (Å²) in [5, 5.41) is 32.0. The molecule has 4 aromatic carbocycles. The van der Waals surface area contributed by atoms with Crippen molar-refractivity contribution in [2.24, 2.45) is 0 Å². The van der Waals surface area contributed by atoms with Crippen LogP contribution in [0.4, 0.5) is 17.1 Å². The van der Waals surface area contributed by atoms with Gasteiger partial charge < -0.3 is 25.0 Å². The van der Waals surface area contributed by atoms with Gasteiger partial charge in [-0.2, -0.15) is 0 Å². The van der Waals surface area contributed by atoms with Gasteiger partial charge in [0.2, 0.25) is 0 Å². The maximum absolute atomic E-state index is 11.1. The Morgan fingerprint density at radius 3 is 1.56 bits per heavy atom. The molecule has 0 fully saturated rings. The molecule has 174 valence electrons. The molecule has 5 heteroatoms. The summed E-state index contributed by atoms with van der Waals surface area (Å²) in [4.78, 5) is 1.89. The first kappa shape index (κ1) is 23.1. The number of rotatable bonds is 5. The number of aromatic hydroxyl groups is 3. The minimum atomic E-state index is 0.147. The van der Waals surface area contributed by atoms with Gasteiger partial charge in [-0.3, -0.25) is 0 Å². The van der Waals surface area contributed by atoms with Gasteiger partial charge in [0.1, 0.15) is 28.7 Å². The Kier molecular flexibility index (Phi) is 6.12. The van der Waals surface area contributed by atoms with Crippen LogP contribution in [0.3, 0.4) is 0 Å². The van der Waals surface area contributed by atoms with Gasteiger partial charge >= 0.3 is 0 Å². The van der Waals surface area contributed by atoms with E-state index in [-0.39, 0.29) is 17.2 Å². The summed E-state index contributed by atoms with van der Waals surface area (Å²) in [6, 6.07) is 20.2. The lowest BCUT2D eigenvalue weighted by Gasteiger charge is -2.30. The van der Waals surface area contributed by atoms with Gasteiger partial charge in [0.25, 0.3) is 0 Å². The largest absolute Gasteiger partial charge is 0.508 e. The first-order chi connectivity index (χ1) is 16.2. The van der Waals surface area contributed by atoms with Crippen LogP contribution in [0, 0.1) is 34.6 Å². The summed E-state index contributed by atoms with van der Waals surface area (Å²) < 4.78 is 5.94. The number of phenols is 3. The normalized spacial score (nSPS) is 10.9. The highest BCUT2D eigenvalue weighted by molar-refractivity contribution is 5.87. The van der Waals surface area contributed by atoms with E-state index in [1.807, 2.05) is 94.1 Å². The number of benzene rings is 4. The van der Waals surface area contributed by atoms with Crippen molar-refractivity contribution < 1.29 is 20.1 Å². The van der Waals surface area contributed by atoms with Gasteiger partial charge in [-0.25, -0.2) is 0 Å². The fourth-order valence-electron chi connectivity index (χ4n) is 4.08. The van der Waals surface area contributed by atoms with Gasteiger partial charge in [-0.1, -0.05) is 24.3 Å².